The van der Waals surface area contributed by atoms with Gasteiger partial charge in [0.1, 0.15) is 28.9 Å². The van der Waals surface area contributed by atoms with Gasteiger partial charge in [-0.3, -0.25) is 10.7 Å². The zero-order valence-corrected chi connectivity index (χ0v) is 21.6. The summed E-state index contributed by atoms with van der Waals surface area (Å²) in [6.07, 6.45) is 7.56. The number of rotatable bonds is 6. The van der Waals surface area contributed by atoms with Gasteiger partial charge in [0.05, 0.1) is 18.8 Å². The highest BCUT2D eigenvalue weighted by Gasteiger charge is 2.42. The normalized spacial score (nSPS) is 25.0. The Balaban J connectivity index is 1.41. The lowest BCUT2D eigenvalue weighted by atomic mass is 9.94. The quantitative estimate of drug-likeness (QED) is 0.427. The molecule has 2 aromatic carbocycles. The van der Waals surface area contributed by atoms with Gasteiger partial charge in [-0.1, -0.05) is 29.8 Å². The molecule has 3 atom stereocenters. The highest BCUT2D eigenvalue weighted by atomic mass is 35.5. The molecule has 1 aliphatic heterocycles. The van der Waals surface area contributed by atoms with Crippen LogP contribution in [-0.4, -0.2) is 28.5 Å². The van der Waals surface area contributed by atoms with Gasteiger partial charge >= 0.3 is 0 Å². The van der Waals surface area contributed by atoms with Crippen molar-refractivity contribution in [1.82, 2.24) is 20.2 Å². The lowest BCUT2D eigenvalue weighted by molar-refractivity contribution is 0.328. The second kappa shape index (κ2) is 9.19. The van der Waals surface area contributed by atoms with Crippen LogP contribution in [0.4, 0.5) is 4.39 Å². The van der Waals surface area contributed by atoms with Gasteiger partial charge in [-0.2, -0.15) is 0 Å². The molecule has 3 aromatic rings. The minimum absolute atomic E-state index is 0.0799. The molecule has 3 aliphatic rings. The Morgan fingerprint density at radius 1 is 1.19 bits per heavy atom. The molecule has 0 saturated heterocycles. The zero-order chi connectivity index (χ0) is 25.7. The molecule has 6 rings (SSSR count). The van der Waals surface area contributed by atoms with Gasteiger partial charge in [0.2, 0.25) is 0 Å². The van der Waals surface area contributed by atoms with Gasteiger partial charge in [0.15, 0.2) is 5.79 Å². The molecule has 0 bridgehead atoms. The molecule has 7 nitrogen and oxygen atoms in total. The highest BCUT2D eigenvalue weighted by molar-refractivity contribution is 6.29. The molecular weight excluding hydrogens is 491 g/mol. The third-order valence-electron chi connectivity index (χ3n) is 7.66. The first-order chi connectivity index (χ1) is 17.8. The molecular formula is C28H30ClFN6O. The number of amidine groups is 1. The van der Waals surface area contributed by atoms with Crippen LogP contribution < -0.4 is 21.1 Å². The van der Waals surface area contributed by atoms with Crippen molar-refractivity contribution in [3.63, 3.8) is 0 Å². The van der Waals surface area contributed by atoms with E-state index in [0.717, 1.165) is 46.8 Å². The van der Waals surface area contributed by atoms with E-state index in [4.69, 9.17) is 27.1 Å². The lowest BCUT2D eigenvalue weighted by Gasteiger charge is -2.41. The standard InChI is InChI=1S/C28H30ClFN6O/c1-16(17-3-4-17)33-27-22-11-10-21(18-5-8-20(30)9-6-18)26(22)34-28(31,35-27)19-7-12-23(24(13-19)37-2)36-14-25(29)32-15-36/h5-9,12-17,21,34H,3-4,10-11,31H2,1-2H3,(H,33,35)/t16-,21?,28?/m0/s1. The highest BCUT2D eigenvalue weighted by Crippen LogP contribution is 2.43. The molecule has 0 amide bonds. The summed E-state index contributed by atoms with van der Waals surface area (Å²) < 4.78 is 21.2. The monoisotopic (exact) mass is 520 g/mol. The summed E-state index contributed by atoms with van der Waals surface area (Å²) in [4.78, 5) is 9.23. The van der Waals surface area contributed by atoms with Crippen LogP contribution in [0, 0.1) is 11.7 Å². The van der Waals surface area contributed by atoms with Crippen molar-refractivity contribution in [2.75, 3.05) is 7.11 Å². The number of nitrogens with zero attached hydrogens (tertiary/aromatic N) is 3. The second-order valence-corrected chi connectivity index (χ2v) is 10.5. The fraction of sp³-hybridized carbons (Fsp3) is 0.357. The number of methoxy groups -OCH3 is 1. The number of aromatic nitrogens is 2. The molecule has 1 aromatic heterocycles. The smallest absolute Gasteiger partial charge is 0.190 e. The number of nitrogens with two attached hydrogens (primary N) is 1. The number of aliphatic imine (C=N–C) groups is 1. The van der Waals surface area contributed by atoms with Crippen LogP contribution in [0.2, 0.25) is 5.15 Å². The Labute approximate surface area is 220 Å². The predicted molar refractivity (Wildman–Crippen MR) is 142 cm³/mol. The Morgan fingerprint density at radius 3 is 2.65 bits per heavy atom. The van der Waals surface area contributed by atoms with E-state index in [2.05, 4.69) is 22.5 Å². The number of ether oxygens (including phenoxy) is 1. The molecule has 192 valence electrons. The van der Waals surface area contributed by atoms with E-state index in [1.54, 1.807) is 19.6 Å². The van der Waals surface area contributed by atoms with E-state index in [9.17, 15) is 4.39 Å². The first kappa shape index (κ1) is 24.0. The topological polar surface area (TPSA) is 89.5 Å². The summed E-state index contributed by atoms with van der Waals surface area (Å²) in [5.74, 6) is 0.805. The largest absolute Gasteiger partial charge is 0.495 e. The van der Waals surface area contributed by atoms with Gasteiger partial charge in [0.25, 0.3) is 0 Å². The van der Waals surface area contributed by atoms with Crippen molar-refractivity contribution >= 4 is 17.4 Å². The van der Waals surface area contributed by atoms with Crippen LogP contribution >= 0.6 is 11.6 Å². The third-order valence-corrected chi connectivity index (χ3v) is 7.86. The van der Waals surface area contributed by atoms with Gasteiger partial charge in [-0.15, -0.1) is 0 Å². The number of imidazole rings is 1. The predicted octanol–water partition coefficient (Wildman–Crippen LogP) is 4.96. The first-order valence-corrected chi connectivity index (χ1v) is 13.0. The summed E-state index contributed by atoms with van der Waals surface area (Å²) in [5.41, 5.74) is 11.9. The average Bonchev–Trinajstić information content (AvgIpc) is 3.53. The van der Waals surface area contributed by atoms with Gasteiger partial charge in [-0.25, -0.2) is 9.37 Å². The SMILES string of the molecule is COc1cc(C2(N)NC(=N[C@@H](C)C3CC3)C3=C(N2)C(c2ccc(F)cc2)CC3)ccc1-n1cnc(Cl)c1. The fourth-order valence-corrected chi connectivity index (χ4v) is 5.58. The van der Waals surface area contributed by atoms with E-state index in [1.165, 1.54) is 25.0 Å². The molecule has 4 N–H and O–H groups in total. The lowest BCUT2D eigenvalue weighted by Crippen LogP contribution is -2.65. The molecule has 2 aliphatic carbocycles. The summed E-state index contributed by atoms with van der Waals surface area (Å²) in [5, 5.41) is 7.54. The first-order valence-electron chi connectivity index (χ1n) is 12.6. The zero-order valence-electron chi connectivity index (χ0n) is 20.8. The fourth-order valence-electron chi connectivity index (χ4n) is 5.43. The maximum atomic E-state index is 13.7. The minimum Gasteiger partial charge on any atom is -0.495 e. The summed E-state index contributed by atoms with van der Waals surface area (Å²) in [6.45, 7) is 2.17. The van der Waals surface area contributed by atoms with Crippen molar-refractivity contribution in [1.29, 1.82) is 0 Å². The summed E-state index contributed by atoms with van der Waals surface area (Å²) in [6, 6.07) is 12.8. The van der Waals surface area contributed by atoms with E-state index in [0.29, 0.717) is 16.8 Å². The average molecular weight is 521 g/mol. The van der Waals surface area contributed by atoms with Crippen LogP contribution in [0.3, 0.4) is 0 Å². The second-order valence-electron chi connectivity index (χ2n) is 10.1. The summed E-state index contributed by atoms with van der Waals surface area (Å²) in [7, 11) is 1.62. The number of benzene rings is 2. The van der Waals surface area contributed by atoms with Gasteiger partial charge in [0, 0.05) is 28.9 Å². The number of halogens is 2. The maximum Gasteiger partial charge on any atom is 0.190 e. The number of nitrogens with one attached hydrogen (secondary N) is 2. The van der Waals surface area contributed by atoms with Crippen molar-refractivity contribution < 1.29 is 9.13 Å². The van der Waals surface area contributed by atoms with Gasteiger partial charge in [-0.05, 0) is 68.4 Å². The Kier molecular flexibility index (Phi) is 5.96. The molecule has 2 heterocycles. The molecule has 0 radical (unpaired) electrons. The molecule has 37 heavy (non-hydrogen) atoms. The number of hydrogen-bond acceptors (Lipinski definition) is 5. The van der Waals surface area contributed by atoms with Crippen LogP contribution in [0.15, 0.2) is 71.3 Å². The molecule has 1 fully saturated rings. The van der Waals surface area contributed by atoms with E-state index in [-0.39, 0.29) is 17.8 Å². The number of allylic oxidation sites excluding steroid dienone is 1. The minimum atomic E-state index is -1.12. The maximum absolute atomic E-state index is 13.7. The summed E-state index contributed by atoms with van der Waals surface area (Å²) >= 11 is 6.04. The van der Waals surface area contributed by atoms with Crippen LogP contribution in [0.5, 0.6) is 5.75 Å². The molecule has 2 unspecified atom stereocenters. The molecule has 1 saturated carbocycles. The Bertz CT molecular complexity index is 1400. The van der Waals surface area contributed by atoms with Crippen LogP contribution in [0.25, 0.3) is 5.69 Å². The van der Waals surface area contributed by atoms with Crippen molar-refractivity contribution in [3.8, 4) is 11.4 Å². The van der Waals surface area contributed by atoms with Crippen molar-refractivity contribution in [2.24, 2.45) is 16.6 Å². The van der Waals surface area contributed by atoms with E-state index < -0.39 is 5.79 Å². The molecule has 0 spiro atoms. The van der Waals surface area contributed by atoms with Crippen LogP contribution in [-0.2, 0) is 5.79 Å². The third kappa shape index (κ3) is 4.49. The van der Waals surface area contributed by atoms with Crippen molar-refractivity contribution in [2.45, 2.75) is 50.4 Å². The van der Waals surface area contributed by atoms with Crippen molar-refractivity contribution in [3.05, 3.63) is 88.4 Å². The van der Waals surface area contributed by atoms with Gasteiger partial charge < -0.3 is 19.9 Å². The number of hydrogen-bond donors (Lipinski definition) is 3. The van der Waals surface area contributed by atoms with E-state index >= 15 is 0 Å². The van der Waals surface area contributed by atoms with E-state index in [1.807, 2.05) is 34.9 Å². The Hall–Kier alpha value is -3.36. The van der Waals surface area contributed by atoms with Crippen LogP contribution in [0.1, 0.15) is 49.7 Å². The Morgan fingerprint density at radius 2 is 1.97 bits per heavy atom. The molecule has 9 heteroatoms.